The Morgan fingerprint density at radius 1 is 1.40 bits per heavy atom. The first-order valence-electron chi connectivity index (χ1n) is 5.73. The topological polar surface area (TPSA) is 34.1 Å². The van der Waals surface area contributed by atoms with Crippen LogP contribution in [-0.2, 0) is 9.57 Å². The van der Waals surface area contributed by atoms with Crippen LogP contribution in [0.5, 0.6) is 0 Å². The third-order valence-electron chi connectivity index (χ3n) is 4.25. The molecule has 15 heavy (non-hydrogen) atoms. The summed E-state index contributed by atoms with van der Waals surface area (Å²) in [5, 5.41) is 4.03. The van der Waals surface area contributed by atoms with E-state index in [1.54, 1.807) is 7.11 Å². The van der Waals surface area contributed by atoms with Gasteiger partial charge >= 0.3 is 0 Å². The van der Waals surface area contributed by atoms with Crippen LogP contribution in [0.4, 0.5) is 0 Å². The molecule has 0 aliphatic carbocycles. The molecule has 0 radical (unpaired) electrons. The standard InChI is InChI=1S/C11H18N2O2/c1-13-8-3-4-9(13)6-11(5-8)7-10(14-2)12-15-11/h8-9H,3-7H2,1-2H3/t8-,9+,11?. The van der Waals surface area contributed by atoms with E-state index in [9.17, 15) is 0 Å². The Balaban J connectivity index is 1.76. The molecule has 0 aromatic heterocycles. The second-order valence-corrected chi connectivity index (χ2v) is 5.10. The molecule has 1 spiro atoms. The largest absolute Gasteiger partial charge is 0.482 e. The van der Waals surface area contributed by atoms with Crippen molar-refractivity contribution < 1.29 is 9.57 Å². The van der Waals surface area contributed by atoms with Crippen LogP contribution in [0.25, 0.3) is 0 Å². The number of rotatable bonds is 0. The Labute approximate surface area is 90.2 Å². The third kappa shape index (κ3) is 1.34. The van der Waals surface area contributed by atoms with E-state index in [4.69, 9.17) is 9.57 Å². The first kappa shape index (κ1) is 9.46. The number of ether oxygens (including phenoxy) is 1. The number of piperidine rings is 1. The Bertz CT molecular complexity index is 289. The zero-order valence-corrected chi connectivity index (χ0v) is 9.40. The van der Waals surface area contributed by atoms with Crippen molar-refractivity contribution in [3.05, 3.63) is 0 Å². The summed E-state index contributed by atoms with van der Waals surface area (Å²) in [6.45, 7) is 0. The van der Waals surface area contributed by atoms with Gasteiger partial charge in [-0.1, -0.05) is 5.16 Å². The molecule has 0 aromatic carbocycles. The zero-order chi connectivity index (χ0) is 10.5. The van der Waals surface area contributed by atoms with Crippen molar-refractivity contribution in [2.24, 2.45) is 5.16 Å². The first-order valence-corrected chi connectivity index (χ1v) is 5.73. The maximum Gasteiger partial charge on any atom is 0.229 e. The van der Waals surface area contributed by atoms with Crippen LogP contribution in [0.3, 0.4) is 0 Å². The molecule has 3 aliphatic heterocycles. The summed E-state index contributed by atoms with van der Waals surface area (Å²) in [5.74, 6) is 0.763. The van der Waals surface area contributed by atoms with E-state index in [-0.39, 0.29) is 5.60 Å². The van der Waals surface area contributed by atoms with Crippen molar-refractivity contribution in [2.75, 3.05) is 14.2 Å². The van der Waals surface area contributed by atoms with E-state index < -0.39 is 0 Å². The van der Waals surface area contributed by atoms with E-state index in [0.29, 0.717) is 12.1 Å². The van der Waals surface area contributed by atoms with E-state index in [1.165, 1.54) is 12.8 Å². The molecule has 2 bridgehead atoms. The lowest BCUT2D eigenvalue weighted by molar-refractivity contribution is -0.0789. The van der Waals surface area contributed by atoms with Crippen molar-refractivity contribution in [1.29, 1.82) is 0 Å². The van der Waals surface area contributed by atoms with Crippen LogP contribution >= 0.6 is 0 Å². The van der Waals surface area contributed by atoms with Gasteiger partial charge in [-0.15, -0.1) is 0 Å². The summed E-state index contributed by atoms with van der Waals surface area (Å²) < 4.78 is 5.17. The van der Waals surface area contributed by atoms with Crippen molar-refractivity contribution in [1.82, 2.24) is 4.90 Å². The first-order chi connectivity index (χ1) is 7.22. The second kappa shape index (κ2) is 3.11. The van der Waals surface area contributed by atoms with Crippen molar-refractivity contribution in [3.8, 4) is 0 Å². The van der Waals surface area contributed by atoms with Crippen LogP contribution in [-0.4, -0.2) is 42.6 Å². The summed E-state index contributed by atoms with van der Waals surface area (Å²) in [7, 11) is 3.91. The Morgan fingerprint density at radius 2 is 2.07 bits per heavy atom. The molecule has 2 saturated heterocycles. The molecule has 0 N–H and O–H groups in total. The SMILES string of the molecule is COC1=NOC2(C1)C[C@H]1CC[C@@H](C2)N1C. The van der Waals surface area contributed by atoms with Gasteiger partial charge in [-0.05, 0) is 19.9 Å². The fraction of sp³-hybridized carbons (Fsp3) is 0.909. The molecule has 2 fully saturated rings. The molecule has 1 unspecified atom stereocenters. The molecule has 4 nitrogen and oxygen atoms in total. The molecule has 3 heterocycles. The van der Waals surface area contributed by atoms with E-state index >= 15 is 0 Å². The quantitative estimate of drug-likeness (QED) is 0.605. The number of hydrogen-bond acceptors (Lipinski definition) is 4. The minimum Gasteiger partial charge on any atom is -0.482 e. The van der Waals surface area contributed by atoms with Crippen LogP contribution in [0.2, 0.25) is 0 Å². The predicted octanol–water partition coefficient (Wildman–Crippen LogP) is 1.36. The highest BCUT2D eigenvalue weighted by molar-refractivity contribution is 5.77. The van der Waals surface area contributed by atoms with Crippen molar-refractivity contribution >= 4 is 5.90 Å². The van der Waals surface area contributed by atoms with Crippen LogP contribution in [0.15, 0.2) is 5.16 Å². The zero-order valence-electron chi connectivity index (χ0n) is 9.40. The third-order valence-corrected chi connectivity index (χ3v) is 4.25. The highest BCUT2D eigenvalue weighted by Crippen LogP contribution is 2.45. The number of oxime groups is 1. The summed E-state index contributed by atoms with van der Waals surface area (Å²) in [6.07, 6.45) is 5.71. The Kier molecular flexibility index (Phi) is 1.96. The number of fused-ring (bicyclic) bond motifs is 2. The molecule has 0 saturated carbocycles. The van der Waals surface area contributed by atoms with Crippen LogP contribution < -0.4 is 0 Å². The lowest BCUT2D eigenvalue weighted by Crippen LogP contribution is -2.49. The average molecular weight is 210 g/mol. The van der Waals surface area contributed by atoms with Crippen LogP contribution in [0, 0.1) is 0 Å². The molecule has 3 aliphatic rings. The van der Waals surface area contributed by atoms with E-state index in [1.807, 2.05) is 0 Å². The minimum absolute atomic E-state index is 0.0380. The molecular weight excluding hydrogens is 192 g/mol. The second-order valence-electron chi connectivity index (χ2n) is 5.10. The van der Waals surface area contributed by atoms with Crippen molar-refractivity contribution in [3.63, 3.8) is 0 Å². The van der Waals surface area contributed by atoms with Gasteiger partial charge in [0.2, 0.25) is 5.90 Å². The number of nitrogens with zero attached hydrogens (tertiary/aromatic N) is 2. The highest BCUT2D eigenvalue weighted by Gasteiger charge is 2.51. The van der Waals surface area contributed by atoms with Gasteiger partial charge in [0, 0.05) is 24.9 Å². The van der Waals surface area contributed by atoms with Gasteiger partial charge in [0.1, 0.15) is 5.60 Å². The number of methoxy groups -OCH3 is 1. The summed E-state index contributed by atoms with van der Waals surface area (Å²) >= 11 is 0. The minimum atomic E-state index is -0.0380. The molecule has 0 amide bonds. The smallest absolute Gasteiger partial charge is 0.229 e. The number of hydrogen-bond donors (Lipinski definition) is 0. The lowest BCUT2D eigenvalue weighted by atomic mass is 9.84. The van der Waals surface area contributed by atoms with E-state index in [2.05, 4.69) is 17.1 Å². The molecule has 84 valence electrons. The monoisotopic (exact) mass is 210 g/mol. The summed E-state index contributed by atoms with van der Waals surface area (Å²) in [5.41, 5.74) is -0.0380. The molecule has 3 rings (SSSR count). The Hall–Kier alpha value is -0.770. The predicted molar refractivity (Wildman–Crippen MR) is 56.7 cm³/mol. The molecular formula is C11H18N2O2. The molecule has 3 atom stereocenters. The maximum atomic E-state index is 5.65. The molecule has 0 aromatic rings. The summed E-state index contributed by atoms with van der Waals surface area (Å²) in [4.78, 5) is 8.16. The highest BCUT2D eigenvalue weighted by atomic mass is 16.7. The normalized spacial score (nSPS) is 44.3. The van der Waals surface area contributed by atoms with Crippen molar-refractivity contribution in [2.45, 2.75) is 49.8 Å². The van der Waals surface area contributed by atoms with E-state index in [0.717, 1.165) is 25.2 Å². The lowest BCUT2D eigenvalue weighted by Gasteiger charge is -2.40. The maximum absolute atomic E-state index is 5.65. The van der Waals surface area contributed by atoms with Gasteiger partial charge in [-0.2, -0.15) is 0 Å². The fourth-order valence-electron chi connectivity index (χ4n) is 3.34. The fourth-order valence-corrected chi connectivity index (χ4v) is 3.34. The average Bonchev–Trinajstić information content (AvgIpc) is 2.69. The summed E-state index contributed by atoms with van der Waals surface area (Å²) in [6, 6.07) is 1.38. The van der Waals surface area contributed by atoms with Gasteiger partial charge < -0.3 is 14.5 Å². The van der Waals surface area contributed by atoms with Crippen LogP contribution in [0.1, 0.15) is 32.1 Å². The Morgan fingerprint density at radius 3 is 2.60 bits per heavy atom. The molecule has 4 heteroatoms. The van der Waals surface area contributed by atoms with Gasteiger partial charge in [-0.25, -0.2) is 0 Å². The van der Waals surface area contributed by atoms with Gasteiger partial charge in [0.05, 0.1) is 13.5 Å². The van der Waals surface area contributed by atoms with Gasteiger partial charge in [-0.3, -0.25) is 0 Å². The van der Waals surface area contributed by atoms with Gasteiger partial charge in [0.15, 0.2) is 0 Å². The van der Waals surface area contributed by atoms with Gasteiger partial charge in [0.25, 0.3) is 0 Å².